The summed E-state index contributed by atoms with van der Waals surface area (Å²) in [5.41, 5.74) is -0.0366. The number of hydrogen-bond acceptors (Lipinski definition) is 4. The predicted molar refractivity (Wildman–Crippen MR) is 121 cm³/mol. The highest BCUT2D eigenvalue weighted by atomic mass is 127. The third-order valence-electron chi connectivity index (χ3n) is 3.70. The monoisotopic (exact) mass is 490 g/mol. The van der Waals surface area contributed by atoms with Crippen LogP contribution < -0.4 is 10.6 Å². The van der Waals surface area contributed by atoms with Crippen molar-refractivity contribution in [2.75, 3.05) is 6.54 Å². The van der Waals surface area contributed by atoms with Crippen LogP contribution in [0, 0.1) is 6.92 Å². The topological polar surface area (TPSA) is 62.5 Å². The molecule has 2 N–H and O–H groups in total. The highest BCUT2D eigenvalue weighted by molar-refractivity contribution is 14.0. The number of nitrogens with one attached hydrogen (secondary N) is 2. The van der Waals surface area contributed by atoms with Gasteiger partial charge in [-0.3, -0.25) is 0 Å². The van der Waals surface area contributed by atoms with Crippen molar-refractivity contribution in [2.45, 2.75) is 66.0 Å². The normalized spacial score (nSPS) is 13.2. The van der Waals surface area contributed by atoms with Gasteiger partial charge in [-0.1, -0.05) is 20.8 Å². The lowest BCUT2D eigenvalue weighted by Gasteiger charge is -2.17. The number of thiophene rings is 1. The van der Waals surface area contributed by atoms with Gasteiger partial charge in [-0.25, -0.2) is 9.98 Å². The van der Waals surface area contributed by atoms with Gasteiger partial charge in [-0.15, -0.1) is 35.3 Å². The van der Waals surface area contributed by atoms with E-state index in [2.05, 4.69) is 74.3 Å². The van der Waals surface area contributed by atoms with E-state index in [0.29, 0.717) is 18.5 Å². The molecule has 2 rings (SSSR count). The van der Waals surface area contributed by atoms with Crippen LogP contribution >= 0.6 is 35.3 Å². The first kappa shape index (κ1) is 23.0. The van der Waals surface area contributed by atoms with Gasteiger partial charge in [0, 0.05) is 34.2 Å². The highest BCUT2D eigenvalue weighted by Gasteiger charge is 2.19. The van der Waals surface area contributed by atoms with Gasteiger partial charge in [-0.2, -0.15) is 0 Å². The second-order valence-electron chi connectivity index (χ2n) is 7.33. The van der Waals surface area contributed by atoms with Gasteiger partial charge in [-0.05, 0) is 32.9 Å². The predicted octanol–water partition coefficient (Wildman–Crippen LogP) is 4.65. The second kappa shape index (κ2) is 10.3. The molecule has 0 saturated heterocycles. The van der Waals surface area contributed by atoms with Crippen molar-refractivity contribution < 1.29 is 4.42 Å². The van der Waals surface area contributed by atoms with E-state index in [1.54, 1.807) is 6.20 Å². The summed E-state index contributed by atoms with van der Waals surface area (Å²) in [5, 5.41) is 6.74. The Bertz CT molecular complexity index is 702. The second-order valence-corrected chi connectivity index (χ2v) is 8.70. The SMILES string of the molecule is CCNC(=NCc1ncc(C(C)(C)C)o1)NC(C)Cc1ccc(C)s1.I. The molecule has 0 radical (unpaired) electrons. The van der Waals surface area contributed by atoms with Gasteiger partial charge in [0.2, 0.25) is 5.89 Å². The zero-order valence-electron chi connectivity index (χ0n) is 16.5. The lowest BCUT2D eigenvalue weighted by Crippen LogP contribution is -2.43. The van der Waals surface area contributed by atoms with Crippen LogP contribution in [0.2, 0.25) is 0 Å². The number of nitrogens with zero attached hydrogens (tertiary/aromatic N) is 2. The molecule has 0 spiro atoms. The average molecular weight is 490 g/mol. The van der Waals surface area contributed by atoms with Crippen LogP contribution in [0.1, 0.15) is 56.0 Å². The molecule has 2 heterocycles. The fourth-order valence-corrected chi connectivity index (χ4v) is 3.40. The van der Waals surface area contributed by atoms with Crippen LogP contribution in [0.3, 0.4) is 0 Å². The molecule has 2 aromatic heterocycles. The molecule has 0 aliphatic carbocycles. The molecule has 5 nitrogen and oxygen atoms in total. The molecule has 0 aliphatic rings. The van der Waals surface area contributed by atoms with Gasteiger partial charge in [0.25, 0.3) is 0 Å². The maximum Gasteiger partial charge on any atom is 0.216 e. The molecule has 146 valence electrons. The molecule has 1 unspecified atom stereocenters. The van der Waals surface area contributed by atoms with E-state index in [4.69, 9.17) is 4.42 Å². The first-order chi connectivity index (χ1) is 11.8. The molecule has 0 fully saturated rings. The van der Waals surface area contributed by atoms with Crippen LogP contribution in [0.5, 0.6) is 0 Å². The van der Waals surface area contributed by atoms with E-state index < -0.39 is 0 Å². The number of halogens is 1. The smallest absolute Gasteiger partial charge is 0.216 e. The lowest BCUT2D eigenvalue weighted by molar-refractivity contribution is 0.383. The van der Waals surface area contributed by atoms with Gasteiger partial charge in [0.1, 0.15) is 12.3 Å². The van der Waals surface area contributed by atoms with E-state index in [9.17, 15) is 0 Å². The van der Waals surface area contributed by atoms with Gasteiger partial charge < -0.3 is 15.1 Å². The van der Waals surface area contributed by atoms with Crippen molar-refractivity contribution in [1.82, 2.24) is 15.6 Å². The molecule has 26 heavy (non-hydrogen) atoms. The van der Waals surface area contributed by atoms with Crippen LogP contribution in [0.4, 0.5) is 0 Å². The number of guanidine groups is 1. The van der Waals surface area contributed by atoms with Gasteiger partial charge in [0.05, 0.1) is 6.20 Å². The van der Waals surface area contributed by atoms with Crippen LogP contribution in [-0.4, -0.2) is 23.5 Å². The minimum absolute atomic E-state index is 0. The molecule has 2 aromatic rings. The summed E-state index contributed by atoms with van der Waals surface area (Å²) in [6.45, 7) is 13.9. The number of hydrogen-bond donors (Lipinski definition) is 2. The van der Waals surface area contributed by atoms with E-state index in [1.165, 1.54) is 9.75 Å². The average Bonchev–Trinajstić information content (AvgIpc) is 3.13. The fourth-order valence-electron chi connectivity index (χ4n) is 2.38. The summed E-state index contributed by atoms with van der Waals surface area (Å²) in [6, 6.07) is 4.66. The zero-order valence-corrected chi connectivity index (χ0v) is 19.7. The van der Waals surface area contributed by atoms with Gasteiger partial charge in [0.15, 0.2) is 5.96 Å². The number of aliphatic imine (C=N–C) groups is 1. The minimum Gasteiger partial charge on any atom is -0.443 e. The minimum atomic E-state index is -0.0366. The van der Waals surface area contributed by atoms with Gasteiger partial charge >= 0.3 is 0 Å². The maximum absolute atomic E-state index is 5.81. The maximum atomic E-state index is 5.81. The third kappa shape index (κ3) is 7.26. The zero-order chi connectivity index (χ0) is 18.4. The van der Waals surface area contributed by atoms with E-state index in [1.807, 2.05) is 11.3 Å². The molecule has 7 heteroatoms. The summed E-state index contributed by atoms with van der Waals surface area (Å²) in [4.78, 5) is 11.7. The Balaban J connectivity index is 0.00000338. The number of rotatable bonds is 6. The molecular formula is C19H31IN4OS. The highest BCUT2D eigenvalue weighted by Crippen LogP contribution is 2.22. The summed E-state index contributed by atoms with van der Waals surface area (Å²) in [7, 11) is 0. The Kier molecular flexibility index (Phi) is 9.09. The summed E-state index contributed by atoms with van der Waals surface area (Å²) < 4.78 is 5.81. The Hall–Kier alpha value is -1.09. The number of oxazole rings is 1. The Morgan fingerprint density at radius 2 is 2.08 bits per heavy atom. The first-order valence-corrected chi connectivity index (χ1v) is 9.65. The number of aryl methyl sites for hydroxylation is 1. The molecule has 1 atom stereocenters. The van der Waals surface area contributed by atoms with E-state index in [-0.39, 0.29) is 29.4 Å². The van der Waals surface area contributed by atoms with Crippen molar-refractivity contribution in [3.05, 3.63) is 39.7 Å². The quantitative estimate of drug-likeness (QED) is 0.352. The first-order valence-electron chi connectivity index (χ1n) is 8.83. The lowest BCUT2D eigenvalue weighted by atomic mass is 9.94. The third-order valence-corrected chi connectivity index (χ3v) is 4.72. The summed E-state index contributed by atoms with van der Waals surface area (Å²) in [6.07, 6.45) is 2.78. The largest absolute Gasteiger partial charge is 0.443 e. The van der Waals surface area contributed by atoms with Crippen LogP contribution in [-0.2, 0) is 18.4 Å². The molecular weight excluding hydrogens is 459 g/mol. The molecule has 0 aromatic carbocycles. The Morgan fingerprint density at radius 3 is 2.62 bits per heavy atom. The van der Waals surface area contributed by atoms with E-state index >= 15 is 0 Å². The number of aromatic nitrogens is 1. The standard InChI is InChI=1S/C19H30N4OS.HI/c1-7-20-18(23-13(2)10-15-9-8-14(3)25-15)22-12-17-21-11-16(24-17)19(4,5)6;/h8-9,11,13H,7,10,12H2,1-6H3,(H2,20,22,23);1H. The van der Waals surface area contributed by atoms with Crippen molar-refractivity contribution >= 4 is 41.3 Å². The summed E-state index contributed by atoms with van der Waals surface area (Å²) in [5.74, 6) is 2.32. The Labute approximate surface area is 178 Å². The van der Waals surface area contributed by atoms with Crippen LogP contribution in [0.15, 0.2) is 27.7 Å². The van der Waals surface area contributed by atoms with Crippen molar-refractivity contribution in [2.24, 2.45) is 4.99 Å². The molecule has 0 bridgehead atoms. The van der Waals surface area contributed by atoms with Crippen molar-refractivity contribution in [1.29, 1.82) is 0 Å². The fraction of sp³-hybridized carbons (Fsp3) is 0.579. The van der Waals surface area contributed by atoms with Crippen molar-refractivity contribution in [3.63, 3.8) is 0 Å². The van der Waals surface area contributed by atoms with Crippen molar-refractivity contribution in [3.8, 4) is 0 Å². The Morgan fingerprint density at radius 1 is 1.35 bits per heavy atom. The molecule has 0 saturated carbocycles. The summed E-state index contributed by atoms with van der Waals surface area (Å²) >= 11 is 1.85. The van der Waals surface area contributed by atoms with E-state index in [0.717, 1.165) is 24.7 Å². The molecule has 0 amide bonds. The van der Waals surface area contributed by atoms with Crippen LogP contribution in [0.25, 0.3) is 0 Å². The molecule has 0 aliphatic heterocycles.